The molecule has 0 aromatic carbocycles. The fraction of sp³-hybridized carbons (Fsp3) is 0.636. The van der Waals surface area contributed by atoms with Crippen LogP contribution in [0.25, 0.3) is 0 Å². The van der Waals surface area contributed by atoms with E-state index in [0.29, 0.717) is 18.7 Å². The Morgan fingerprint density at radius 2 is 2.39 bits per heavy atom. The monoisotopic (exact) mass is 256 g/mol. The second kappa shape index (κ2) is 7.10. The normalized spacial score (nSPS) is 12.4. The molecular weight excluding hydrogens is 236 g/mol. The molecule has 1 rings (SSSR count). The molecule has 1 aromatic heterocycles. The summed E-state index contributed by atoms with van der Waals surface area (Å²) in [5.74, 6) is -0.185. The lowest BCUT2D eigenvalue weighted by atomic mass is 10.1. The lowest BCUT2D eigenvalue weighted by Gasteiger charge is -2.20. The molecule has 0 aliphatic heterocycles. The number of aliphatic hydroxyl groups is 1. The number of aromatic nitrogens is 2. The fourth-order valence-corrected chi connectivity index (χ4v) is 1.46. The smallest absolute Gasteiger partial charge is 0.244 e. The van der Waals surface area contributed by atoms with Crippen molar-refractivity contribution in [3.05, 3.63) is 18.0 Å². The second-order valence-corrected chi connectivity index (χ2v) is 4.02. The van der Waals surface area contributed by atoms with Gasteiger partial charge < -0.3 is 20.5 Å². The molecule has 0 radical (unpaired) electrons. The average molecular weight is 256 g/mol. The molecule has 1 heterocycles. The van der Waals surface area contributed by atoms with Gasteiger partial charge in [-0.15, -0.1) is 0 Å². The number of amides is 1. The maximum absolute atomic E-state index is 12.0. The van der Waals surface area contributed by atoms with Gasteiger partial charge in [0.05, 0.1) is 26.0 Å². The number of likely N-dealkylation sites (N-methyl/N-ethyl adjacent to an activating group) is 1. The van der Waals surface area contributed by atoms with Crippen LogP contribution in [0.5, 0.6) is 0 Å². The molecular formula is C11H20N4O3. The number of hydrogen-bond acceptors (Lipinski definition) is 5. The van der Waals surface area contributed by atoms with Crippen LogP contribution >= 0.6 is 0 Å². The molecule has 0 bridgehead atoms. The molecule has 0 saturated carbocycles. The van der Waals surface area contributed by atoms with Crippen LogP contribution < -0.4 is 5.73 Å². The van der Waals surface area contributed by atoms with Gasteiger partial charge in [-0.05, 0) is 0 Å². The van der Waals surface area contributed by atoms with E-state index in [-0.39, 0.29) is 19.1 Å². The zero-order valence-corrected chi connectivity index (χ0v) is 10.7. The van der Waals surface area contributed by atoms with Crippen molar-refractivity contribution in [1.29, 1.82) is 0 Å². The van der Waals surface area contributed by atoms with E-state index in [9.17, 15) is 4.79 Å². The fourth-order valence-electron chi connectivity index (χ4n) is 1.46. The molecule has 1 atom stereocenters. The zero-order valence-electron chi connectivity index (χ0n) is 10.7. The van der Waals surface area contributed by atoms with Crippen LogP contribution in [0.4, 0.5) is 0 Å². The van der Waals surface area contributed by atoms with E-state index < -0.39 is 6.04 Å². The molecule has 0 spiro atoms. The number of aliphatic hydroxyl groups excluding tert-OH is 1. The van der Waals surface area contributed by atoms with Crippen molar-refractivity contribution in [2.24, 2.45) is 12.8 Å². The molecule has 0 aliphatic carbocycles. The van der Waals surface area contributed by atoms with Gasteiger partial charge >= 0.3 is 0 Å². The number of hydrogen-bond donors (Lipinski definition) is 2. The first-order chi connectivity index (χ1) is 8.56. The van der Waals surface area contributed by atoms with Crippen molar-refractivity contribution in [1.82, 2.24) is 14.7 Å². The van der Waals surface area contributed by atoms with Gasteiger partial charge in [-0.1, -0.05) is 0 Å². The largest absolute Gasteiger partial charge is 0.394 e. The summed E-state index contributed by atoms with van der Waals surface area (Å²) in [6.45, 7) is 1.07. The third-order valence-electron chi connectivity index (χ3n) is 2.53. The minimum absolute atomic E-state index is 0.0210. The van der Waals surface area contributed by atoms with Gasteiger partial charge in [-0.2, -0.15) is 5.10 Å². The van der Waals surface area contributed by atoms with Gasteiger partial charge in [0.1, 0.15) is 6.04 Å². The molecule has 1 aromatic rings. The van der Waals surface area contributed by atoms with Gasteiger partial charge in [-0.25, -0.2) is 0 Å². The molecule has 1 amide bonds. The van der Waals surface area contributed by atoms with Crippen molar-refractivity contribution < 1.29 is 14.6 Å². The number of ether oxygens (including phenoxy) is 1. The van der Waals surface area contributed by atoms with E-state index in [0.717, 1.165) is 0 Å². The molecule has 7 nitrogen and oxygen atoms in total. The number of nitrogens with two attached hydrogens (primary N) is 1. The quantitative estimate of drug-likeness (QED) is 0.603. The average Bonchev–Trinajstić information content (AvgIpc) is 2.79. The summed E-state index contributed by atoms with van der Waals surface area (Å²) >= 11 is 0. The summed E-state index contributed by atoms with van der Waals surface area (Å²) in [5, 5.41) is 12.5. The molecule has 0 fully saturated rings. The van der Waals surface area contributed by atoms with Gasteiger partial charge in [0.25, 0.3) is 0 Å². The van der Waals surface area contributed by atoms with Crippen LogP contribution in [0.1, 0.15) is 11.6 Å². The van der Waals surface area contributed by atoms with Gasteiger partial charge in [-0.3, -0.25) is 9.48 Å². The Bertz CT molecular complexity index is 380. The van der Waals surface area contributed by atoms with E-state index >= 15 is 0 Å². The van der Waals surface area contributed by atoms with Crippen molar-refractivity contribution in [3.63, 3.8) is 0 Å². The number of aryl methyl sites for hydroxylation is 1. The van der Waals surface area contributed by atoms with E-state index in [2.05, 4.69) is 5.10 Å². The first kappa shape index (κ1) is 14.6. The standard InChI is InChI=1S/C11H20N4O3/c1-14(3-5-18-6-4-16)11(17)10(12)9-7-13-15(2)8-9/h7-8,10,16H,3-6,12H2,1-2H3. The van der Waals surface area contributed by atoms with E-state index in [1.54, 1.807) is 31.2 Å². The van der Waals surface area contributed by atoms with Crippen LogP contribution in [0, 0.1) is 0 Å². The molecule has 0 aliphatic rings. The number of nitrogens with zero attached hydrogens (tertiary/aromatic N) is 3. The van der Waals surface area contributed by atoms with Gasteiger partial charge in [0, 0.05) is 32.4 Å². The third kappa shape index (κ3) is 4.10. The summed E-state index contributed by atoms with van der Waals surface area (Å²) in [6.07, 6.45) is 3.30. The lowest BCUT2D eigenvalue weighted by Crippen LogP contribution is -2.37. The van der Waals surface area contributed by atoms with Crippen molar-refractivity contribution in [3.8, 4) is 0 Å². The first-order valence-electron chi connectivity index (χ1n) is 5.74. The minimum Gasteiger partial charge on any atom is -0.394 e. The van der Waals surface area contributed by atoms with Gasteiger partial charge in [0.15, 0.2) is 0 Å². The first-order valence-corrected chi connectivity index (χ1v) is 5.74. The summed E-state index contributed by atoms with van der Waals surface area (Å²) < 4.78 is 6.70. The summed E-state index contributed by atoms with van der Waals surface area (Å²) in [5.41, 5.74) is 6.54. The van der Waals surface area contributed by atoms with E-state index in [4.69, 9.17) is 15.6 Å². The predicted octanol–water partition coefficient (Wildman–Crippen LogP) is -1.11. The van der Waals surface area contributed by atoms with Crippen LogP contribution in [0.15, 0.2) is 12.4 Å². The molecule has 3 N–H and O–H groups in total. The van der Waals surface area contributed by atoms with Crippen molar-refractivity contribution in [2.45, 2.75) is 6.04 Å². The Morgan fingerprint density at radius 3 is 2.94 bits per heavy atom. The third-order valence-corrected chi connectivity index (χ3v) is 2.53. The maximum atomic E-state index is 12.0. The maximum Gasteiger partial charge on any atom is 0.244 e. The van der Waals surface area contributed by atoms with E-state index in [1.807, 2.05) is 0 Å². The molecule has 18 heavy (non-hydrogen) atoms. The summed E-state index contributed by atoms with van der Waals surface area (Å²) in [7, 11) is 3.44. The van der Waals surface area contributed by atoms with Crippen LogP contribution in [0.3, 0.4) is 0 Å². The zero-order chi connectivity index (χ0) is 13.5. The highest BCUT2D eigenvalue weighted by Crippen LogP contribution is 2.10. The highest BCUT2D eigenvalue weighted by molar-refractivity contribution is 5.82. The number of rotatable bonds is 7. The summed E-state index contributed by atoms with van der Waals surface area (Å²) in [4.78, 5) is 13.5. The van der Waals surface area contributed by atoms with Crippen LogP contribution in [-0.2, 0) is 16.6 Å². The molecule has 102 valence electrons. The Hall–Kier alpha value is -1.44. The highest BCUT2D eigenvalue weighted by atomic mass is 16.5. The Kier molecular flexibility index (Phi) is 5.76. The second-order valence-electron chi connectivity index (χ2n) is 4.02. The number of carbonyl (C=O) groups is 1. The van der Waals surface area contributed by atoms with Crippen molar-refractivity contribution in [2.75, 3.05) is 33.4 Å². The Balaban J connectivity index is 2.43. The van der Waals surface area contributed by atoms with Gasteiger partial charge in [0.2, 0.25) is 5.91 Å². The molecule has 0 saturated heterocycles. The molecule has 7 heteroatoms. The predicted molar refractivity (Wildman–Crippen MR) is 65.7 cm³/mol. The molecule has 1 unspecified atom stereocenters. The Morgan fingerprint density at radius 1 is 1.67 bits per heavy atom. The summed E-state index contributed by atoms with van der Waals surface area (Å²) in [6, 6.07) is -0.707. The van der Waals surface area contributed by atoms with Crippen LogP contribution in [-0.4, -0.2) is 59.1 Å². The Labute approximate surface area is 106 Å². The van der Waals surface area contributed by atoms with Crippen LogP contribution in [0.2, 0.25) is 0 Å². The van der Waals surface area contributed by atoms with E-state index in [1.165, 1.54) is 4.90 Å². The lowest BCUT2D eigenvalue weighted by molar-refractivity contribution is -0.132. The SMILES string of the molecule is CN(CCOCCO)C(=O)C(N)c1cnn(C)c1. The topological polar surface area (TPSA) is 93.6 Å². The minimum atomic E-state index is -0.707. The highest BCUT2D eigenvalue weighted by Gasteiger charge is 2.20. The van der Waals surface area contributed by atoms with Crippen molar-refractivity contribution >= 4 is 5.91 Å². The number of carbonyl (C=O) groups excluding carboxylic acids is 1.